The average Bonchev–Trinajstić information content (AvgIpc) is 3.60. The van der Waals surface area contributed by atoms with E-state index in [0.717, 1.165) is 11.3 Å². The summed E-state index contributed by atoms with van der Waals surface area (Å²) in [5, 5.41) is 9.54. The lowest BCUT2D eigenvalue weighted by atomic mass is 9.98. The highest BCUT2D eigenvalue weighted by molar-refractivity contribution is 6.30. The number of amides is 2. The Morgan fingerprint density at radius 2 is 1.72 bits per heavy atom. The van der Waals surface area contributed by atoms with Crippen molar-refractivity contribution in [2.24, 2.45) is 0 Å². The summed E-state index contributed by atoms with van der Waals surface area (Å²) in [5.74, 6) is -0.414. The Kier molecular flexibility index (Phi) is 6.11. The van der Waals surface area contributed by atoms with Crippen molar-refractivity contribution in [3.05, 3.63) is 95.8 Å². The summed E-state index contributed by atoms with van der Waals surface area (Å²) in [6.07, 6.45) is 3.20. The molecule has 4 heterocycles. The van der Waals surface area contributed by atoms with Gasteiger partial charge in [0, 0.05) is 42.5 Å². The van der Waals surface area contributed by atoms with Crippen LogP contribution in [0.2, 0.25) is 5.02 Å². The number of nitrogens with zero attached hydrogens (tertiary/aromatic N) is 8. The third-order valence-corrected chi connectivity index (χ3v) is 7.07. The van der Waals surface area contributed by atoms with Crippen molar-refractivity contribution in [2.45, 2.75) is 19.4 Å². The predicted octanol–water partition coefficient (Wildman–Crippen LogP) is 4.01. The number of halogens is 1. The van der Waals surface area contributed by atoms with Crippen molar-refractivity contribution >= 4 is 29.1 Å². The molecule has 5 aromatic rings. The van der Waals surface area contributed by atoms with E-state index in [1.165, 1.54) is 11.0 Å². The molecule has 1 fully saturated rings. The third kappa shape index (κ3) is 4.63. The maximum absolute atomic E-state index is 13.5. The van der Waals surface area contributed by atoms with Crippen LogP contribution in [0.5, 0.6) is 0 Å². The van der Waals surface area contributed by atoms with E-state index in [2.05, 4.69) is 20.2 Å². The van der Waals surface area contributed by atoms with Gasteiger partial charge >= 0.3 is 0 Å². The molecule has 0 bridgehead atoms. The van der Waals surface area contributed by atoms with Crippen LogP contribution in [0.15, 0.2) is 79.3 Å². The molecular formula is C28H25ClN8O2. The van der Waals surface area contributed by atoms with Crippen molar-refractivity contribution < 1.29 is 9.59 Å². The van der Waals surface area contributed by atoms with Crippen LogP contribution in [0.4, 0.5) is 0 Å². The second-order valence-electron chi connectivity index (χ2n) is 9.98. The van der Waals surface area contributed by atoms with E-state index in [9.17, 15) is 9.59 Å². The Morgan fingerprint density at radius 3 is 2.49 bits per heavy atom. The molecular weight excluding hydrogens is 516 g/mol. The van der Waals surface area contributed by atoms with Crippen LogP contribution in [-0.2, 0) is 0 Å². The Labute approximate surface area is 229 Å². The maximum atomic E-state index is 13.5. The smallest absolute Gasteiger partial charge is 0.294 e. The molecule has 39 heavy (non-hydrogen) atoms. The highest BCUT2D eigenvalue weighted by atomic mass is 35.5. The molecule has 0 spiro atoms. The zero-order valence-electron chi connectivity index (χ0n) is 21.4. The largest absolute Gasteiger partial charge is 0.333 e. The fourth-order valence-corrected chi connectivity index (χ4v) is 5.10. The van der Waals surface area contributed by atoms with Gasteiger partial charge in [0.25, 0.3) is 11.8 Å². The molecule has 0 saturated carbocycles. The first-order chi connectivity index (χ1) is 18.8. The standard InChI is InChI=1S/C28H25ClN8O2/c1-28(2)17-34(13-14-35(28)27(39)25-31-18-36(33-25)21-10-6-9-20(29)15-21)26(38)22-16-24-30-12-11-23(37(24)32-22)19-7-4-3-5-8-19/h3-12,15-16,18H,13-14,17H2,1-2H3. The maximum Gasteiger partial charge on any atom is 0.294 e. The Balaban J connectivity index is 1.20. The summed E-state index contributed by atoms with van der Waals surface area (Å²) in [5.41, 5.74) is 2.78. The zero-order chi connectivity index (χ0) is 27.1. The summed E-state index contributed by atoms with van der Waals surface area (Å²) >= 11 is 6.09. The highest BCUT2D eigenvalue weighted by Gasteiger charge is 2.40. The number of fused-ring (bicyclic) bond motifs is 1. The number of benzene rings is 2. The lowest BCUT2D eigenvalue weighted by Crippen LogP contribution is -2.62. The van der Waals surface area contributed by atoms with Gasteiger partial charge in [0.15, 0.2) is 11.3 Å². The molecule has 0 unspecified atom stereocenters. The van der Waals surface area contributed by atoms with Crippen LogP contribution in [0.25, 0.3) is 22.6 Å². The first kappa shape index (κ1) is 24.7. The molecule has 3 aromatic heterocycles. The number of hydrogen-bond acceptors (Lipinski definition) is 6. The van der Waals surface area contributed by atoms with Gasteiger partial charge in [-0.3, -0.25) is 9.59 Å². The van der Waals surface area contributed by atoms with Crippen LogP contribution >= 0.6 is 11.6 Å². The fraction of sp³-hybridized carbons (Fsp3) is 0.214. The Bertz CT molecular complexity index is 1690. The molecule has 0 radical (unpaired) electrons. The Morgan fingerprint density at radius 1 is 0.897 bits per heavy atom. The number of aromatic nitrogens is 6. The predicted molar refractivity (Wildman–Crippen MR) is 146 cm³/mol. The van der Waals surface area contributed by atoms with Crippen LogP contribution in [0.1, 0.15) is 35.0 Å². The number of carbonyl (C=O) groups is 2. The highest BCUT2D eigenvalue weighted by Crippen LogP contribution is 2.25. The molecule has 10 nitrogen and oxygen atoms in total. The van der Waals surface area contributed by atoms with Crippen molar-refractivity contribution in [3.8, 4) is 16.9 Å². The number of piperazine rings is 1. The molecule has 1 aliphatic heterocycles. The summed E-state index contributed by atoms with van der Waals surface area (Å²) in [4.78, 5) is 39.0. The fourth-order valence-electron chi connectivity index (χ4n) is 4.92. The minimum atomic E-state index is -0.654. The molecule has 2 aromatic carbocycles. The van der Waals surface area contributed by atoms with Gasteiger partial charge in [-0.25, -0.2) is 19.2 Å². The summed E-state index contributed by atoms with van der Waals surface area (Å²) in [6.45, 7) is 4.88. The van der Waals surface area contributed by atoms with E-state index in [-0.39, 0.29) is 17.6 Å². The van der Waals surface area contributed by atoms with Gasteiger partial charge in [-0.05, 0) is 38.1 Å². The van der Waals surface area contributed by atoms with Crippen molar-refractivity contribution in [1.82, 2.24) is 39.2 Å². The van der Waals surface area contributed by atoms with E-state index in [0.29, 0.717) is 41.7 Å². The number of rotatable bonds is 4. The summed E-state index contributed by atoms with van der Waals surface area (Å²) in [6, 6.07) is 20.6. The minimum absolute atomic E-state index is 0.0858. The summed E-state index contributed by atoms with van der Waals surface area (Å²) in [7, 11) is 0. The normalized spacial score (nSPS) is 15.1. The average molecular weight is 541 g/mol. The van der Waals surface area contributed by atoms with Crippen molar-refractivity contribution in [3.63, 3.8) is 0 Å². The first-order valence-corrected chi connectivity index (χ1v) is 12.9. The van der Waals surface area contributed by atoms with Gasteiger partial charge < -0.3 is 9.80 Å². The Hall–Kier alpha value is -4.57. The topological polar surface area (TPSA) is 102 Å². The van der Waals surface area contributed by atoms with Gasteiger partial charge in [0.05, 0.1) is 16.9 Å². The lowest BCUT2D eigenvalue weighted by Gasteiger charge is -2.46. The monoisotopic (exact) mass is 540 g/mol. The summed E-state index contributed by atoms with van der Waals surface area (Å²) < 4.78 is 3.21. The van der Waals surface area contributed by atoms with Crippen LogP contribution in [0.3, 0.4) is 0 Å². The third-order valence-electron chi connectivity index (χ3n) is 6.84. The van der Waals surface area contributed by atoms with Gasteiger partial charge in [-0.1, -0.05) is 48.0 Å². The van der Waals surface area contributed by atoms with Crippen molar-refractivity contribution in [1.29, 1.82) is 0 Å². The van der Waals surface area contributed by atoms with E-state index in [1.807, 2.05) is 62.4 Å². The van der Waals surface area contributed by atoms with Crippen LogP contribution in [0, 0.1) is 0 Å². The molecule has 1 aliphatic rings. The zero-order valence-corrected chi connectivity index (χ0v) is 22.2. The number of carbonyl (C=O) groups excluding carboxylic acids is 2. The molecule has 1 saturated heterocycles. The molecule has 196 valence electrons. The molecule has 0 N–H and O–H groups in total. The minimum Gasteiger partial charge on any atom is -0.333 e. The van der Waals surface area contributed by atoms with E-state index >= 15 is 0 Å². The second kappa shape index (κ2) is 9.63. The van der Waals surface area contributed by atoms with E-state index in [4.69, 9.17) is 11.6 Å². The van der Waals surface area contributed by atoms with Crippen LogP contribution < -0.4 is 0 Å². The lowest BCUT2D eigenvalue weighted by molar-refractivity contribution is 0.0158. The van der Waals surface area contributed by atoms with Gasteiger partial charge in [-0.15, -0.1) is 5.10 Å². The molecule has 0 atom stereocenters. The first-order valence-electron chi connectivity index (χ1n) is 12.5. The second-order valence-corrected chi connectivity index (χ2v) is 10.4. The molecule has 6 rings (SSSR count). The SMILES string of the molecule is CC1(C)CN(C(=O)c2cc3nccc(-c4ccccc4)n3n2)CCN1C(=O)c1ncn(-c2cccc(Cl)c2)n1. The quantitative estimate of drug-likeness (QED) is 0.341. The van der Waals surface area contributed by atoms with Gasteiger partial charge in [-0.2, -0.15) is 5.10 Å². The van der Waals surface area contributed by atoms with Crippen molar-refractivity contribution in [2.75, 3.05) is 19.6 Å². The molecule has 2 amide bonds. The molecule has 11 heteroatoms. The number of hydrogen-bond donors (Lipinski definition) is 0. The van der Waals surface area contributed by atoms with E-state index < -0.39 is 5.54 Å². The van der Waals surface area contributed by atoms with Crippen LogP contribution in [-0.4, -0.2) is 76.1 Å². The van der Waals surface area contributed by atoms with E-state index in [1.54, 1.807) is 38.7 Å². The molecule has 0 aliphatic carbocycles. The van der Waals surface area contributed by atoms with Gasteiger partial charge in [0.2, 0.25) is 5.82 Å². The van der Waals surface area contributed by atoms with Gasteiger partial charge in [0.1, 0.15) is 6.33 Å².